The van der Waals surface area contributed by atoms with Gasteiger partial charge in [-0.2, -0.15) is 0 Å². The van der Waals surface area contributed by atoms with E-state index in [1.807, 2.05) is 0 Å². The first-order valence-corrected chi connectivity index (χ1v) is 4.23. The minimum Gasteiger partial charge on any atom is -0.290 e. The van der Waals surface area contributed by atoms with Crippen LogP contribution in [0.25, 0.3) is 0 Å². The highest BCUT2D eigenvalue weighted by atomic mass is 16.6. The van der Waals surface area contributed by atoms with Crippen molar-refractivity contribution in [1.82, 2.24) is 0 Å². The molecule has 0 aromatic heterocycles. The van der Waals surface area contributed by atoms with Crippen LogP contribution >= 0.6 is 0 Å². The summed E-state index contributed by atoms with van der Waals surface area (Å²) in [6, 6.07) is 0. The summed E-state index contributed by atoms with van der Waals surface area (Å²) in [6.07, 6.45) is 3.40. The third-order valence-corrected chi connectivity index (χ3v) is 1.96. The fourth-order valence-corrected chi connectivity index (χ4v) is 1.07. The molecule has 0 bridgehead atoms. The van der Waals surface area contributed by atoms with Crippen LogP contribution in [0.2, 0.25) is 0 Å². The van der Waals surface area contributed by atoms with Crippen LogP contribution in [0.4, 0.5) is 0 Å². The van der Waals surface area contributed by atoms with Crippen LogP contribution in [-0.2, 0) is 9.59 Å². The summed E-state index contributed by atoms with van der Waals surface area (Å²) in [5.74, 6) is -0.676. The van der Waals surface area contributed by atoms with E-state index in [9.17, 15) is 19.7 Å². The fraction of sp³-hybridized carbons (Fsp3) is 0.200. The smallest absolute Gasteiger partial charge is 0.243 e. The highest BCUT2D eigenvalue weighted by Gasteiger charge is 2.17. The van der Waals surface area contributed by atoms with Crippen molar-refractivity contribution in [3.05, 3.63) is 45.2 Å². The van der Waals surface area contributed by atoms with Crippen LogP contribution in [0.1, 0.15) is 13.8 Å². The Morgan fingerprint density at radius 1 is 1.33 bits per heavy atom. The topological polar surface area (TPSA) is 77.3 Å². The lowest BCUT2D eigenvalue weighted by molar-refractivity contribution is -0.424. The summed E-state index contributed by atoms with van der Waals surface area (Å²) in [7, 11) is 0. The maximum absolute atomic E-state index is 11.3. The quantitative estimate of drug-likeness (QED) is 0.387. The molecule has 0 spiro atoms. The molecule has 78 valence electrons. The second-order valence-electron chi connectivity index (χ2n) is 3.20. The van der Waals surface area contributed by atoms with Gasteiger partial charge >= 0.3 is 0 Å². The number of carbonyl (C=O) groups excluding carboxylic acids is 2. The van der Waals surface area contributed by atoms with Gasteiger partial charge in [0.2, 0.25) is 5.70 Å². The molecule has 0 saturated heterocycles. The summed E-state index contributed by atoms with van der Waals surface area (Å²) in [5, 5.41) is 10.3. The van der Waals surface area contributed by atoms with E-state index in [0.29, 0.717) is 5.57 Å². The second-order valence-corrected chi connectivity index (χ2v) is 3.20. The van der Waals surface area contributed by atoms with E-state index in [4.69, 9.17) is 0 Å². The molecule has 0 unspecified atom stereocenters. The van der Waals surface area contributed by atoms with Crippen LogP contribution in [0.15, 0.2) is 35.1 Å². The van der Waals surface area contributed by atoms with Crippen molar-refractivity contribution >= 4 is 11.6 Å². The number of nitro groups is 1. The molecule has 0 aromatic carbocycles. The molecule has 0 fully saturated rings. The lowest BCUT2D eigenvalue weighted by atomic mass is 9.97. The predicted octanol–water partition coefficient (Wildman–Crippen LogP) is 1.19. The van der Waals surface area contributed by atoms with Crippen LogP contribution < -0.4 is 0 Å². The molecule has 0 amide bonds. The summed E-state index contributed by atoms with van der Waals surface area (Å²) < 4.78 is 0. The van der Waals surface area contributed by atoms with Crippen LogP contribution in [0, 0.1) is 10.1 Å². The van der Waals surface area contributed by atoms with Gasteiger partial charge in [0.05, 0.1) is 4.92 Å². The Bertz CT molecular complexity index is 440. The number of carbonyl (C=O) groups is 2. The monoisotopic (exact) mass is 207 g/mol. The summed E-state index contributed by atoms with van der Waals surface area (Å²) in [5.41, 5.74) is 0.228. The zero-order chi connectivity index (χ0) is 11.6. The van der Waals surface area contributed by atoms with E-state index in [1.165, 1.54) is 19.9 Å². The van der Waals surface area contributed by atoms with Gasteiger partial charge in [0.15, 0.2) is 11.6 Å². The van der Waals surface area contributed by atoms with Gasteiger partial charge in [-0.05, 0) is 19.1 Å². The molecule has 15 heavy (non-hydrogen) atoms. The Kier molecular flexibility index (Phi) is 2.94. The largest absolute Gasteiger partial charge is 0.290 e. The molecule has 1 rings (SSSR count). The summed E-state index contributed by atoms with van der Waals surface area (Å²) in [4.78, 5) is 32.3. The lowest BCUT2D eigenvalue weighted by Crippen LogP contribution is -2.11. The molecule has 0 aliphatic heterocycles. The lowest BCUT2D eigenvalue weighted by Gasteiger charge is -2.04. The molecule has 0 aromatic rings. The number of nitrogens with zero attached hydrogens (tertiary/aromatic N) is 1. The SMILES string of the molecule is CC1=CC(=O)C(/C=C(/C)[N+](=O)[O-])=CC1=O. The van der Waals surface area contributed by atoms with Crippen molar-refractivity contribution < 1.29 is 14.5 Å². The highest BCUT2D eigenvalue weighted by Crippen LogP contribution is 2.14. The summed E-state index contributed by atoms with van der Waals surface area (Å²) >= 11 is 0. The maximum atomic E-state index is 11.3. The Balaban J connectivity index is 3.05. The number of ketones is 2. The van der Waals surface area contributed by atoms with Gasteiger partial charge in [0, 0.05) is 24.1 Å². The van der Waals surface area contributed by atoms with E-state index in [1.54, 1.807) is 0 Å². The zero-order valence-electron chi connectivity index (χ0n) is 8.31. The van der Waals surface area contributed by atoms with Gasteiger partial charge in [-0.25, -0.2) is 0 Å². The van der Waals surface area contributed by atoms with Crippen molar-refractivity contribution in [1.29, 1.82) is 0 Å². The number of rotatable bonds is 2. The van der Waals surface area contributed by atoms with E-state index in [0.717, 1.165) is 12.2 Å². The molecular formula is C10H9NO4. The third kappa shape index (κ3) is 2.46. The van der Waals surface area contributed by atoms with E-state index >= 15 is 0 Å². The van der Waals surface area contributed by atoms with Crippen molar-refractivity contribution in [2.45, 2.75) is 13.8 Å². The first-order valence-electron chi connectivity index (χ1n) is 4.23. The van der Waals surface area contributed by atoms with Gasteiger partial charge in [-0.15, -0.1) is 0 Å². The van der Waals surface area contributed by atoms with Crippen LogP contribution in [-0.4, -0.2) is 16.5 Å². The van der Waals surface area contributed by atoms with E-state index in [2.05, 4.69) is 0 Å². The van der Waals surface area contributed by atoms with Crippen LogP contribution in [0.3, 0.4) is 0 Å². The average Bonchev–Trinajstić information content (AvgIpc) is 2.13. The first-order chi connectivity index (χ1) is 6.91. The third-order valence-electron chi connectivity index (χ3n) is 1.96. The predicted molar refractivity (Wildman–Crippen MR) is 52.6 cm³/mol. The molecule has 0 saturated carbocycles. The van der Waals surface area contributed by atoms with Gasteiger partial charge in [-0.3, -0.25) is 19.7 Å². The Morgan fingerprint density at radius 2 is 1.93 bits per heavy atom. The second kappa shape index (κ2) is 4.00. The minimum absolute atomic E-state index is 0.0554. The number of allylic oxidation sites excluding steroid dienone is 6. The van der Waals surface area contributed by atoms with Gasteiger partial charge in [0.25, 0.3) is 0 Å². The number of hydrogen-bond donors (Lipinski definition) is 0. The molecule has 0 atom stereocenters. The Hall–Kier alpha value is -2.04. The molecular weight excluding hydrogens is 198 g/mol. The highest BCUT2D eigenvalue weighted by molar-refractivity contribution is 6.20. The minimum atomic E-state index is -0.607. The number of hydrogen-bond acceptors (Lipinski definition) is 4. The fourth-order valence-electron chi connectivity index (χ4n) is 1.07. The first kappa shape index (κ1) is 11.0. The van der Waals surface area contributed by atoms with E-state index in [-0.39, 0.29) is 22.8 Å². The van der Waals surface area contributed by atoms with Crippen LogP contribution in [0.5, 0.6) is 0 Å². The van der Waals surface area contributed by atoms with Crippen molar-refractivity contribution in [2.75, 3.05) is 0 Å². The molecule has 5 heteroatoms. The molecule has 0 heterocycles. The molecule has 0 N–H and O–H groups in total. The van der Waals surface area contributed by atoms with Crippen molar-refractivity contribution in [3.63, 3.8) is 0 Å². The molecule has 0 radical (unpaired) electrons. The standard InChI is InChI=1S/C10H9NO4/c1-6-3-10(13)8(5-9(6)12)4-7(2)11(14)15/h3-5H,1-2H3/b7-4-. The maximum Gasteiger partial charge on any atom is 0.243 e. The molecule has 5 nitrogen and oxygen atoms in total. The van der Waals surface area contributed by atoms with Crippen molar-refractivity contribution in [2.24, 2.45) is 0 Å². The normalized spacial score (nSPS) is 17.3. The van der Waals surface area contributed by atoms with Crippen molar-refractivity contribution in [3.8, 4) is 0 Å². The Labute approximate surface area is 85.9 Å². The van der Waals surface area contributed by atoms with E-state index < -0.39 is 4.92 Å². The average molecular weight is 207 g/mol. The Morgan fingerprint density at radius 3 is 2.47 bits per heavy atom. The summed E-state index contributed by atoms with van der Waals surface area (Å²) in [6.45, 7) is 2.79. The zero-order valence-corrected chi connectivity index (χ0v) is 8.31. The molecule has 1 aliphatic carbocycles. The molecule has 1 aliphatic rings. The van der Waals surface area contributed by atoms with Gasteiger partial charge in [-0.1, -0.05) is 0 Å². The van der Waals surface area contributed by atoms with Gasteiger partial charge < -0.3 is 0 Å². The van der Waals surface area contributed by atoms with Gasteiger partial charge in [0.1, 0.15) is 0 Å².